The van der Waals surface area contributed by atoms with Gasteiger partial charge in [0.05, 0.1) is 5.56 Å². The number of carbonyl (C=O) groups is 1. The summed E-state index contributed by atoms with van der Waals surface area (Å²) in [5, 5.41) is 44.0. The van der Waals surface area contributed by atoms with Crippen LogP contribution in [-0.4, -0.2) is 67.3 Å². The van der Waals surface area contributed by atoms with Crippen molar-refractivity contribution >= 4 is 5.97 Å². The topological polar surface area (TPSA) is 145 Å². The van der Waals surface area contributed by atoms with E-state index in [0.717, 1.165) is 0 Å². The Morgan fingerprint density at radius 3 is 2.39 bits per heavy atom. The third-order valence-electron chi connectivity index (χ3n) is 4.65. The molecule has 1 aromatic carbocycles. The number of nitrogens with zero attached hydrogens (tertiary/aromatic N) is 1. The molecular weight excluding hydrogens is 425 g/mol. The molecule has 1 aliphatic heterocycles. The number of nitrogens with one attached hydrogen (secondary N) is 1. The zero-order valence-electron chi connectivity index (χ0n) is 15.6. The molecule has 1 aliphatic rings. The number of hydrogen-bond acceptors (Lipinski definition) is 7. The first-order valence-electron chi connectivity index (χ1n) is 8.82. The fourth-order valence-corrected chi connectivity index (χ4v) is 3.03. The maximum Gasteiger partial charge on any atom is 0.433 e. The van der Waals surface area contributed by atoms with Crippen LogP contribution in [0.25, 0.3) is 0 Å². The van der Waals surface area contributed by atoms with E-state index in [1.165, 1.54) is 24.3 Å². The van der Waals surface area contributed by atoms with E-state index in [-0.39, 0.29) is 6.42 Å². The second kappa shape index (κ2) is 8.56. The first-order valence-corrected chi connectivity index (χ1v) is 8.82. The number of carboxylic acids is 1. The smallest absolute Gasteiger partial charge is 0.433 e. The summed E-state index contributed by atoms with van der Waals surface area (Å²) in [6.07, 6.45) is -9.69. The van der Waals surface area contributed by atoms with Gasteiger partial charge in [-0.25, -0.2) is 4.79 Å². The van der Waals surface area contributed by atoms with E-state index >= 15 is 0 Å². The van der Waals surface area contributed by atoms with Gasteiger partial charge < -0.3 is 29.9 Å². The maximum absolute atomic E-state index is 13.4. The van der Waals surface area contributed by atoms with Crippen molar-refractivity contribution in [1.82, 2.24) is 10.2 Å². The van der Waals surface area contributed by atoms with Gasteiger partial charge in [-0.3, -0.25) is 5.10 Å². The van der Waals surface area contributed by atoms with Crippen LogP contribution in [0.15, 0.2) is 24.3 Å². The van der Waals surface area contributed by atoms with Crippen LogP contribution in [0.3, 0.4) is 0 Å². The van der Waals surface area contributed by atoms with Crippen LogP contribution in [0.5, 0.6) is 5.88 Å². The molecule has 1 aromatic heterocycles. The van der Waals surface area contributed by atoms with Crippen LogP contribution in [0.4, 0.5) is 13.2 Å². The van der Waals surface area contributed by atoms with Gasteiger partial charge in [0.25, 0.3) is 0 Å². The number of carboxylic acid groups (broad SMARTS) is 1. The van der Waals surface area contributed by atoms with Crippen LogP contribution >= 0.6 is 0 Å². The summed E-state index contributed by atoms with van der Waals surface area (Å²) in [4.78, 5) is 11.2. The third-order valence-corrected chi connectivity index (χ3v) is 4.65. The Balaban J connectivity index is 1.92. The highest BCUT2D eigenvalue weighted by molar-refractivity contribution is 5.73. The second-order valence-corrected chi connectivity index (χ2v) is 6.75. The van der Waals surface area contributed by atoms with Crippen molar-refractivity contribution in [2.24, 2.45) is 0 Å². The van der Waals surface area contributed by atoms with Crippen LogP contribution < -0.4 is 4.74 Å². The minimum atomic E-state index is -4.83. The summed E-state index contributed by atoms with van der Waals surface area (Å²) in [6.45, 7) is 0. The Kier molecular flexibility index (Phi) is 6.23. The molecule has 1 fully saturated rings. The quantitative estimate of drug-likeness (QED) is 0.415. The lowest BCUT2D eigenvalue weighted by Gasteiger charge is -2.38. The Hall–Kier alpha value is -3.11. The predicted octanol–water partition coefficient (Wildman–Crippen LogP) is 0.272. The number of alkyl halides is 3. The molecule has 0 spiro atoms. The number of H-pyrrole nitrogens is 1. The number of aromatic amines is 1. The van der Waals surface area contributed by atoms with Crippen LogP contribution in [0.1, 0.15) is 22.4 Å². The summed E-state index contributed by atoms with van der Waals surface area (Å²) in [5.74, 6) is 0.0925. The largest absolute Gasteiger partial charge is 0.479 e. The molecule has 12 heteroatoms. The van der Waals surface area contributed by atoms with Crippen molar-refractivity contribution in [1.29, 1.82) is 0 Å². The molecule has 166 valence electrons. The Labute approximate surface area is 173 Å². The van der Waals surface area contributed by atoms with E-state index in [4.69, 9.17) is 21.0 Å². The van der Waals surface area contributed by atoms with Crippen molar-refractivity contribution in [3.8, 4) is 18.2 Å². The SMILES string of the molecule is C#Cc1ccc(Cc2c(O[C@@H]3O[C@H](C(=O)O)[C@@H](O)[C@H](O)[C@H]3O)n[nH]c2C(F)(F)F)cc1. The number of rotatable bonds is 5. The lowest BCUT2D eigenvalue weighted by molar-refractivity contribution is -0.271. The lowest BCUT2D eigenvalue weighted by atomic mass is 9.99. The highest BCUT2D eigenvalue weighted by atomic mass is 19.4. The van der Waals surface area contributed by atoms with Crippen LogP contribution in [-0.2, 0) is 22.1 Å². The molecule has 0 amide bonds. The first kappa shape index (κ1) is 22.6. The minimum absolute atomic E-state index is 0.304. The third kappa shape index (κ3) is 4.64. The number of halogens is 3. The van der Waals surface area contributed by atoms with Crippen molar-refractivity contribution in [3.63, 3.8) is 0 Å². The number of aliphatic carboxylic acids is 1. The van der Waals surface area contributed by atoms with Crippen molar-refractivity contribution in [2.45, 2.75) is 43.3 Å². The van der Waals surface area contributed by atoms with Crippen LogP contribution in [0.2, 0.25) is 0 Å². The van der Waals surface area contributed by atoms with Gasteiger partial charge in [-0.05, 0) is 17.7 Å². The summed E-state index contributed by atoms with van der Waals surface area (Å²) < 4.78 is 50.5. The van der Waals surface area contributed by atoms with E-state index in [2.05, 4.69) is 11.0 Å². The molecule has 3 rings (SSSR count). The lowest BCUT2D eigenvalue weighted by Crippen LogP contribution is -2.61. The van der Waals surface area contributed by atoms with Gasteiger partial charge in [0, 0.05) is 12.0 Å². The number of benzene rings is 1. The highest BCUT2D eigenvalue weighted by Crippen LogP contribution is 2.36. The van der Waals surface area contributed by atoms with Crippen molar-refractivity contribution in [3.05, 3.63) is 46.6 Å². The number of aliphatic hydroxyl groups excluding tert-OH is 3. The first-order chi connectivity index (χ1) is 14.5. The molecule has 0 saturated carbocycles. The monoisotopic (exact) mass is 442 g/mol. The summed E-state index contributed by atoms with van der Waals surface area (Å²) in [5.41, 5.74) is -0.706. The van der Waals surface area contributed by atoms with Gasteiger partial charge in [0.2, 0.25) is 12.2 Å². The fraction of sp³-hybridized carbons (Fsp3) is 0.368. The van der Waals surface area contributed by atoms with E-state index < -0.39 is 60.0 Å². The van der Waals surface area contributed by atoms with Gasteiger partial charge in [0.15, 0.2) is 6.10 Å². The summed E-state index contributed by atoms with van der Waals surface area (Å²) in [7, 11) is 0. The van der Waals surface area contributed by atoms with E-state index in [1.807, 2.05) is 5.10 Å². The number of terminal acetylenes is 1. The average molecular weight is 442 g/mol. The molecule has 5 N–H and O–H groups in total. The predicted molar refractivity (Wildman–Crippen MR) is 95.7 cm³/mol. The van der Waals surface area contributed by atoms with E-state index in [0.29, 0.717) is 11.1 Å². The Morgan fingerprint density at radius 2 is 1.84 bits per heavy atom. The average Bonchev–Trinajstić information content (AvgIpc) is 3.11. The molecule has 9 nitrogen and oxygen atoms in total. The van der Waals surface area contributed by atoms with E-state index in [9.17, 15) is 33.3 Å². The molecule has 0 radical (unpaired) electrons. The molecule has 2 heterocycles. The molecular formula is C19H17F3N2O7. The van der Waals surface area contributed by atoms with Crippen LogP contribution in [0, 0.1) is 12.3 Å². The molecule has 5 atom stereocenters. The highest BCUT2D eigenvalue weighted by Gasteiger charge is 2.49. The number of hydrogen-bond donors (Lipinski definition) is 5. The van der Waals surface area contributed by atoms with Gasteiger partial charge in [-0.15, -0.1) is 11.5 Å². The van der Waals surface area contributed by atoms with Gasteiger partial charge in [-0.1, -0.05) is 18.1 Å². The molecule has 2 aromatic rings. The number of aromatic nitrogens is 2. The van der Waals surface area contributed by atoms with Crippen molar-refractivity contribution < 1.29 is 47.9 Å². The van der Waals surface area contributed by atoms with Crippen molar-refractivity contribution in [2.75, 3.05) is 0 Å². The zero-order chi connectivity index (χ0) is 22.9. The van der Waals surface area contributed by atoms with Gasteiger partial charge in [0.1, 0.15) is 24.0 Å². The molecule has 0 unspecified atom stereocenters. The normalized spacial score (nSPS) is 26.3. The molecule has 31 heavy (non-hydrogen) atoms. The van der Waals surface area contributed by atoms with E-state index in [1.54, 1.807) is 0 Å². The summed E-state index contributed by atoms with van der Waals surface area (Å²) >= 11 is 0. The van der Waals surface area contributed by atoms with Gasteiger partial charge >= 0.3 is 12.1 Å². The second-order valence-electron chi connectivity index (χ2n) is 6.75. The minimum Gasteiger partial charge on any atom is -0.479 e. The maximum atomic E-state index is 13.4. The number of ether oxygens (including phenoxy) is 2. The van der Waals surface area contributed by atoms with Gasteiger partial charge in [-0.2, -0.15) is 13.2 Å². The number of aliphatic hydroxyl groups is 3. The Bertz CT molecular complexity index is 984. The standard InChI is InChI=1S/C19H17F3N2O7/c1-2-8-3-5-9(6-4-8)7-10-15(19(20,21)22)23-24-16(10)31-18-13(27)11(25)12(26)14(30-18)17(28)29/h1,3-6,11-14,18,25-27H,7H2,(H,23,24)(H,28,29)/t11-,12-,13+,14-,18-/m0/s1. The summed E-state index contributed by atoms with van der Waals surface area (Å²) in [6, 6.07) is 6.09. The zero-order valence-corrected chi connectivity index (χ0v) is 15.6. The Morgan fingerprint density at radius 1 is 1.19 bits per heavy atom. The molecule has 0 bridgehead atoms. The molecule has 0 aliphatic carbocycles. The molecule has 1 saturated heterocycles. The fourth-order valence-electron chi connectivity index (χ4n) is 3.03.